The summed E-state index contributed by atoms with van der Waals surface area (Å²) in [6, 6.07) is 13.5. The second-order valence-electron chi connectivity index (χ2n) is 6.46. The van der Waals surface area contributed by atoms with Crippen LogP contribution in [-0.2, 0) is 5.41 Å². The lowest BCUT2D eigenvalue weighted by Gasteiger charge is -2.42. The maximum atomic E-state index is 12.5. The van der Waals surface area contributed by atoms with Crippen molar-refractivity contribution in [1.82, 2.24) is 15.3 Å². The van der Waals surface area contributed by atoms with E-state index >= 15 is 0 Å². The van der Waals surface area contributed by atoms with Crippen LogP contribution < -0.4 is 5.32 Å². The molecule has 4 nitrogen and oxygen atoms in total. The molecule has 0 aliphatic heterocycles. The van der Waals surface area contributed by atoms with Gasteiger partial charge in [0.2, 0.25) is 0 Å². The number of carbonyl (C=O) groups is 1. The Labute approximate surface area is 145 Å². The number of imidazole rings is 1. The summed E-state index contributed by atoms with van der Waals surface area (Å²) in [4.78, 5) is 19.7. The van der Waals surface area contributed by atoms with Gasteiger partial charge in [0.25, 0.3) is 5.91 Å². The van der Waals surface area contributed by atoms with E-state index in [9.17, 15) is 4.79 Å². The normalized spacial score (nSPS) is 15.9. The number of hydrogen-bond donors (Lipinski definition) is 2. The van der Waals surface area contributed by atoms with Crippen LogP contribution in [0.3, 0.4) is 0 Å². The van der Waals surface area contributed by atoms with E-state index < -0.39 is 0 Å². The number of fused-ring (bicyclic) bond motifs is 1. The molecule has 1 saturated carbocycles. The molecule has 24 heavy (non-hydrogen) atoms. The first-order valence-electron chi connectivity index (χ1n) is 8.14. The molecule has 1 fully saturated rings. The molecular weight excluding hydrogens is 322 g/mol. The van der Waals surface area contributed by atoms with Gasteiger partial charge in [0.05, 0.1) is 17.4 Å². The molecule has 0 spiro atoms. The molecule has 4 rings (SSSR count). The molecule has 1 amide bonds. The van der Waals surface area contributed by atoms with Gasteiger partial charge in [0.1, 0.15) is 0 Å². The summed E-state index contributed by atoms with van der Waals surface area (Å²) in [5.41, 5.74) is 3.68. The molecule has 0 atom stereocenters. The number of H-pyrrole nitrogens is 1. The number of rotatable bonds is 4. The average molecular weight is 340 g/mol. The van der Waals surface area contributed by atoms with Crippen molar-refractivity contribution in [3.8, 4) is 0 Å². The van der Waals surface area contributed by atoms with Gasteiger partial charge in [-0.25, -0.2) is 4.98 Å². The number of nitrogens with one attached hydrogen (secondary N) is 2. The molecule has 2 N–H and O–H groups in total. The number of hydrogen-bond acceptors (Lipinski definition) is 2. The lowest BCUT2D eigenvalue weighted by molar-refractivity contribution is 0.0928. The first-order chi connectivity index (χ1) is 11.7. The average Bonchev–Trinajstić information content (AvgIpc) is 3.02. The monoisotopic (exact) mass is 339 g/mol. The third-order valence-corrected chi connectivity index (χ3v) is 5.29. The maximum Gasteiger partial charge on any atom is 0.251 e. The minimum atomic E-state index is -0.0493. The summed E-state index contributed by atoms with van der Waals surface area (Å²) >= 11 is 5.99. The van der Waals surface area contributed by atoms with Crippen LogP contribution in [0.25, 0.3) is 11.0 Å². The van der Waals surface area contributed by atoms with Gasteiger partial charge in [-0.3, -0.25) is 4.79 Å². The molecule has 3 aromatic rings. The van der Waals surface area contributed by atoms with E-state index in [2.05, 4.69) is 27.4 Å². The fraction of sp³-hybridized carbons (Fsp3) is 0.263. The van der Waals surface area contributed by atoms with Crippen molar-refractivity contribution >= 4 is 28.5 Å². The first kappa shape index (κ1) is 15.2. The highest BCUT2D eigenvalue weighted by Gasteiger charge is 2.38. The fourth-order valence-electron chi connectivity index (χ4n) is 3.40. The zero-order valence-corrected chi connectivity index (χ0v) is 13.9. The largest absolute Gasteiger partial charge is 0.351 e. The number of aromatic nitrogens is 2. The van der Waals surface area contributed by atoms with Crippen LogP contribution >= 0.6 is 11.6 Å². The third-order valence-electron chi connectivity index (χ3n) is 5.04. The van der Waals surface area contributed by atoms with Crippen molar-refractivity contribution in [2.75, 3.05) is 6.54 Å². The van der Waals surface area contributed by atoms with Crippen molar-refractivity contribution in [3.05, 3.63) is 64.9 Å². The van der Waals surface area contributed by atoms with Gasteiger partial charge in [-0.15, -0.1) is 0 Å². The van der Waals surface area contributed by atoms with E-state index in [1.54, 1.807) is 6.33 Å². The zero-order chi connectivity index (χ0) is 16.6. The Morgan fingerprint density at radius 3 is 2.71 bits per heavy atom. The van der Waals surface area contributed by atoms with Gasteiger partial charge in [0, 0.05) is 22.5 Å². The van der Waals surface area contributed by atoms with Crippen LogP contribution in [-0.4, -0.2) is 22.4 Å². The summed E-state index contributed by atoms with van der Waals surface area (Å²) in [6.45, 7) is 0.647. The molecule has 122 valence electrons. The predicted molar refractivity (Wildman–Crippen MR) is 95.4 cm³/mol. The third kappa shape index (κ3) is 2.67. The number of nitrogens with zero attached hydrogens (tertiary/aromatic N) is 1. The Morgan fingerprint density at radius 2 is 2.00 bits per heavy atom. The predicted octanol–water partition coefficient (Wildman–Crippen LogP) is 4.07. The molecule has 1 aliphatic carbocycles. The Bertz CT molecular complexity index is 881. The number of aromatic amines is 1. The minimum Gasteiger partial charge on any atom is -0.351 e. The standard InChI is InChI=1S/C19H18ClN3O/c20-15-5-3-14(4-6-15)19(8-1-9-19)11-21-18(24)13-2-7-16-17(10-13)23-12-22-16/h2-7,10,12H,1,8-9,11H2,(H,21,24)(H,22,23). The van der Waals surface area contributed by atoms with Gasteiger partial charge in [-0.05, 0) is 48.7 Å². The summed E-state index contributed by atoms with van der Waals surface area (Å²) in [6.07, 6.45) is 5.01. The van der Waals surface area contributed by atoms with E-state index in [0.29, 0.717) is 12.1 Å². The van der Waals surface area contributed by atoms with Crippen LogP contribution in [0.2, 0.25) is 5.02 Å². The second kappa shape index (κ2) is 5.95. The van der Waals surface area contributed by atoms with Gasteiger partial charge >= 0.3 is 0 Å². The number of benzene rings is 2. The molecule has 1 heterocycles. The minimum absolute atomic E-state index is 0.0400. The quantitative estimate of drug-likeness (QED) is 0.752. The molecule has 2 aromatic carbocycles. The van der Waals surface area contributed by atoms with Gasteiger partial charge < -0.3 is 10.3 Å². The summed E-state index contributed by atoms with van der Waals surface area (Å²) in [7, 11) is 0. The van der Waals surface area contributed by atoms with Crippen LogP contribution in [0.5, 0.6) is 0 Å². The number of carbonyl (C=O) groups excluding carboxylic acids is 1. The van der Waals surface area contributed by atoms with E-state index in [1.807, 2.05) is 30.3 Å². The van der Waals surface area contributed by atoms with Crippen molar-refractivity contribution < 1.29 is 4.79 Å². The summed E-state index contributed by atoms with van der Waals surface area (Å²) in [5.74, 6) is -0.0493. The molecule has 0 radical (unpaired) electrons. The van der Waals surface area contributed by atoms with E-state index in [-0.39, 0.29) is 11.3 Å². The molecule has 1 aliphatic rings. The highest BCUT2D eigenvalue weighted by molar-refractivity contribution is 6.30. The molecule has 0 bridgehead atoms. The molecule has 0 unspecified atom stereocenters. The topological polar surface area (TPSA) is 57.8 Å². The molecule has 0 saturated heterocycles. The summed E-state index contributed by atoms with van der Waals surface area (Å²) < 4.78 is 0. The van der Waals surface area contributed by atoms with Crippen LogP contribution in [0, 0.1) is 0 Å². The highest BCUT2D eigenvalue weighted by Crippen LogP contribution is 2.43. The van der Waals surface area contributed by atoms with Gasteiger partial charge in [-0.2, -0.15) is 0 Å². The van der Waals surface area contributed by atoms with Crippen molar-refractivity contribution in [2.45, 2.75) is 24.7 Å². The fourth-order valence-corrected chi connectivity index (χ4v) is 3.53. The van der Waals surface area contributed by atoms with Crippen LogP contribution in [0.4, 0.5) is 0 Å². The van der Waals surface area contributed by atoms with Gasteiger partial charge in [0.15, 0.2) is 0 Å². The molecule has 1 aromatic heterocycles. The maximum absolute atomic E-state index is 12.5. The van der Waals surface area contributed by atoms with E-state index in [4.69, 9.17) is 11.6 Å². The zero-order valence-electron chi connectivity index (χ0n) is 13.2. The van der Waals surface area contributed by atoms with E-state index in [1.165, 1.54) is 12.0 Å². The van der Waals surface area contributed by atoms with Crippen LogP contribution in [0.1, 0.15) is 35.2 Å². The molecule has 5 heteroatoms. The van der Waals surface area contributed by atoms with E-state index in [0.717, 1.165) is 28.9 Å². The smallest absolute Gasteiger partial charge is 0.251 e. The van der Waals surface area contributed by atoms with Crippen molar-refractivity contribution in [3.63, 3.8) is 0 Å². The Balaban J connectivity index is 1.50. The van der Waals surface area contributed by atoms with Crippen molar-refractivity contribution in [2.24, 2.45) is 0 Å². The number of halogens is 1. The van der Waals surface area contributed by atoms with Crippen molar-refractivity contribution in [1.29, 1.82) is 0 Å². The Kier molecular flexibility index (Phi) is 3.77. The molecular formula is C19H18ClN3O. The summed E-state index contributed by atoms with van der Waals surface area (Å²) in [5, 5.41) is 3.85. The van der Waals surface area contributed by atoms with Crippen LogP contribution in [0.15, 0.2) is 48.8 Å². The highest BCUT2D eigenvalue weighted by atomic mass is 35.5. The Hall–Kier alpha value is -2.33. The number of amides is 1. The Morgan fingerprint density at radius 1 is 1.21 bits per heavy atom. The first-order valence-corrected chi connectivity index (χ1v) is 8.52. The van der Waals surface area contributed by atoms with Gasteiger partial charge in [-0.1, -0.05) is 30.2 Å². The SMILES string of the molecule is O=C(NCC1(c2ccc(Cl)cc2)CCC1)c1ccc2nc[nH]c2c1. The second-order valence-corrected chi connectivity index (χ2v) is 6.89. The lowest BCUT2D eigenvalue weighted by Crippen LogP contribution is -2.45. The lowest BCUT2D eigenvalue weighted by atomic mass is 9.64.